The number of carbonyl (C=O) groups excluding carboxylic acids is 1. The average Bonchev–Trinajstić information content (AvgIpc) is 2.25. The molecule has 1 N–H and O–H groups in total. The van der Waals surface area contributed by atoms with Crippen molar-refractivity contribution in [3.8, 4) is 0 Å². The number of aliphatic hydroxyl groups excluding tert-OH is 1. The lowest BCUT2D eigenvalue weighted by atomic mass is 10.2. The molecule has 0 unspecified atom stereocenters. The molecule has 0 aliphatic rings. The van der Waals surface area contributed by atoms with Gasteiger partial charge in [-0.1, -0.05) is 0 Å². The smallest absolute Gasteiger partial charge is 0.363 e. The Balaban J connectivity index is 4.20. The van der Waals surface area contributed by atoms with Crippen LogP contribution in [0.4, 0.5) is 0 Å². The van der Waals surface area contributed by atoms with Gasteiger partial charge < -0.3 is 14.6 Å². The maximum Gasteiger partial charge on any atom is 0.363 e. The van der Waals surface area contributed by atoms with Crippen molar-refractivity contribution < 1.29 is 19.4 Å². The van der Waals surface area contributed by atoms with E-state index in [1.54, 1.807) is 7.11 Å². The van der Waals surface area contributed by atoms with E-state index in [-0.39, 0.29) is 12.2 Å². The van der Waals surface area contributed by atoms with Crippen LogP contribution in [0.5, 0.6) is 0 Å². The first kappa shape index (κ1) is 13.6. The largest absolute Gasteiger partial charge is 0.510 e. The Labute approximate surface area is 87.8 Å². The van der Waals surface area contributed by atoms with Crippen LogP contribution in [0.15, 0.2) is 16.6 Å². The van der Waals surface area contributed by atoms with Gasteiger partial charge in [0.2, 0.25) is 5.70 Å². The molecule has 6 heteroatoms. The third-order valence-corrected chi connectivity index (χ3v) is 1.76. The van der Waals surface area contributed by atoms with E-state index in [0.717, 1.165) is 13.5 Å². The molecule has 6 nitrogen and oxygen atoms in total. The van der Waals surface area contributed by atoms with E-state index in [1.807, 2.05) is 0 Å². The predicted molar refractivity (Wildman–Crippen MR) is 53.2 cm³/mol. The zero-order valence-corrected chi connectivity index (χ0v) is 8.86. The molecule has 0 aromatic heterocycles. The quantitative estimate of drug-likeness (QED) is 0.230. The van der Waals surface area contributed by atoms with Gasteiger partial charge in [-0.2, -0.15) is 0 Å². The van der Waals surface area contributed by atoms with Crippen molar-refractivity contribution in [1.82, 2.24) is 0 Å². The van der Waals surface area contributed by atoms with E-state index in [4.69, 9.17) is 4.74 Å². The van der Waals surface area contributed by atoms with Gasteiger partial charge in [-0.15, -0.1) is 4.91 Å². The number of esters is 1. The molecule has 0 amide bonds. The minimum absolute atomic E-state index is 0.208. The molecule has 0 rings (SSSR count). The monoisotopic (exact) mass is 217 g/mol. The normalized spacial score (nSPS) is 11.9. The minimum Gasteiger partial charge on any atom is -0.510 e. The first-order chi connectivity index (χ1) is 7.17. The van der Waals surface area contributed by atoms with Gasteiger partial charge >= 0.3 is 5.97 Å². The summed E-state index contributed by atoms with van der Waals surface area (Å²) in [4.78, 5) is 21.2. The number of nitroso groups, excluding NO2 is 1. The van der Waals surface area contributed by atoms with Gasteiger partial charge in [0, 0.05) is 20.1 Å². The van der Waals surface area contributed by atoms with Crippen molar-refractivity contribution in [2.45, 2.75) is 19.3 Å². The van der Waals surface area contributed by atoms with Crippen LogP contribution in [0.1, 0.15) is 19.3 Å². The van der Waals surface area contributed by atoms with Crippen LogP contribution in [-0.4, -0.2) is 31.9 Å². The molecule has 0 aliphatic heterocycles. The molecular formula is C9H15NO5. The number of nitrogens with zero attached hydrogens (tertiary/aromatic N) is 1. The maximum atomic E-state index is 10.9. The van der Waals surface area contributed by atoms with Crippen LogP contribution < -0.4 is 0 Å². The molecule has 0 fully saturated rings. The SMILES string of the molecule is COCCCC/C(O)=C(\N=O)C(=O)OC. The van der Waals surface area contributed by atoms with Crippen LogP contribution in [0.25, 0.3) is 0 Å². The maximum absolute atomic E-state index is 10.9. The molecule has 0 aromatic rings. The van der Waals surface area contributed by atoms with E-state index < -0.39 is 11.7 Å². The Kier molecular flexibility index (Phi) is 7.17. The van der Waals surface area contributed by atoms with Crippen molar-refractivity contribution in [3.63, 3.8) is 0 Å². The summed E-state index contributed by atoms with van der Waals surface area (Å²) in [6.45, 7) is 0.565. The van der Waals surface area contributed by atoms with Crippen molar-refractivity contribution in [2.24, 2.45) is 5.18 Å². The zero-order chi connectivity index (χ0) is 11.7. The van der Waals surface area contributed by atoms with Gasteiger partial charge in [-0.05, 0) is 18.0 Å². The fraction of sp³-hybridized carbons (Fsp3) is 0.667. The molecule has 0 radical (unpaired) electrons. The minimum atomic E-state index is -0.922. The van der Waals surface area contributed by atoms with Gasteiger partial charge in [0.25, 0.3) is 0 Å². The summed E-state index contributed by atoms with van der Waals surface area (Å²) >= 11 is 0. The topological polar surface area (TPSA) is 85.2 Å². The zero-order valence-electron chi connectivity index (χ0n) is 8.86. The Morgan fingerprint density at radius 2 is 2.00 bits per heavy atom. The first-order valence-corrected chi connectivity index (χ1v) is 4.50. The van der Waals surface area contributed by atoms with Crippen LogP contribution in [0, 0.1) is 4.91 Å². The molecule has 0 heterocycles. The average molecular weight is 217 g/mol. The fourth-order valence-corrected chi connectivity index (χ4v) is 0.962. The number of unbranched alkanes of at least 4 members (excludes halogenated alkanes) is 1. The lowest BCUT2D eigenvalue weighted by Gasteiger charge is -2.02. The van der Waals surface area contributed by atoms with E-state index in [9.17, 15) is 14.8 Å². The lowest BCUT2D eigenvalue weighted by Crippen LogP contribution is -2.06. The summed E-state index contributed by atoms with van der Waals surface area (Å²) in [5.41, 5.74) is -0.560. The third-order valence-electron chi connectivity index (χ3n) is 1.76. The van der Waals surface area contributed by atoms with Gasteiger partial charge in [-0.25, -0.2) is 4.79 Å². The van der Waals surface area contributed by atoms with Gasteiger partial charge in [0.1, 0.15) is 5.76 Å². The molecule has 0 aromatic carbocycles. The number of aliphatic hydroxyl groups is 1. The number of ether oxygens (including phenoxy) is 2. The Morgan fingerprint density at radius 3 is 2.47 bits per heavy atom. The Morgan fingerprint density at radius 1 is 1.33 bits per heavy atom. The second kappa shape index (κ2) is 7.93. The highest BCUT2D eigenvalue weighted by atomic mass is 16.5. The standard InChI is InChI=1S/C9H15NO5/c1-14-6-4-3-5-7(11)8(10-13)9(12)15-2/h11H,3-6H2,1-2H3/b8-7+. The summed E-state index contributed by atoms with van der Waals surface area (Å²) in [6, 6.07) is 0. The summed E-state index contributed by atoms with van der Waals surface area (Å²) in [5, 5.41) is 11.8. The van der Waals surface area contributed by atoms with Gasteiger partial charge in [-0.3, -0.25) is 0 Å². The molecule has 0 aliphatic carbocycles. The molecule has 15 heavy (non-hydrogen) atoms. The van der Waals surface area contributed by atoms with Crippen molar-refractivity contribution in [1.29, 1.82) is 0 Å². The number of hydrogen-bond acceptors (Lipinski definition) is 6. The molecule has 0 spiro atoms. The molecule has 0 atom stereocenters. The number of methoxy groups -OCH3 is 2. The van der Waals surface area contributed by atoms with Crippen LogP contribution in [0.2, 0.25) is 0 Å². The van der Waals surface area contributed by atoms with Gasteiger partial charge in [0.15, 0.2) is 0 Å². The summed E-state index contributed by atoms with van der Waals surface area (Å²) < 4.78 is 9.08. The molecule has 0 bridgehead atoms. The highest BCUT2D eigenvalue weighted by Gasteiger charge is 2.16. The van der Waals surface area contributed by atoms with E-state index in [0.29, 0.717) is 13.0 Å². The number of allylic oxidation sites excluding steroid dienone is 1. The van der Waals surface area contributed by atoms with Crippen LogP contribution in [-0.2, 0) is 14.3 Å². The highest BCUT2D eigenvalue weighted by Crippen LogP contribution is 2.12. The summed E-state index contributed by atoms with van der Waals surface area (Å²) in [6.07, 6.45) is 1.54. The predicted octanol–water partition coefficient (Wildman–Crippen LogP) is 1.51. The Hall–Kier alpha value is -1.43. The second-order valence-electron chi connectivity index (χ2n) is 2.83. The lowest BCUT2D eigenvalue weighted by molar-refractivity contribution is -0.136. The Bertz CT molecular complexity index is 249. The second-order valence-corrected chi connectivity index (χ2v) is 2.83. The molecule has 0 saturated heterocycles. The van der Waals surface area contributed by atoms with Crippen molar-refractivity contribution in [3.05, 3.63) is 16.4 Å². The summed E-state index contributed by atoms with van der Waals surface area (Å²) in [7, 11) is 2.69. The number of carbonyl (C=O) groups is 1. The van der Waals surface area contributed by atoms with Crippen LogP contribution >= 0.6 is 0 Å². The summed E-state index contributed by atoms with van der Waals surface area (Å²) in [5.74, 6) is -1.26. The van der Waals surface area contributed by atoms with Crippen molar-refractivity contribution in [2.75, 3.05) is 20.8 Å². The van der Waals surface area contributed by atoms with E-state index in [2.05, 4.69) is 9.91 Å². The molecule has 86 valence electrons. The first-order valence-electron chi connectivity index (χ1n) is 4.50. The van der Waals surface area contributed by atoms with Crippen LogP contribution in [0.3, 0.4) is 0 Å². The van der Waals surface area contributed by atoms with Gasteiger partial charge in [0.05, 0.1) is 7.11 Å². The van der Waals surface area contributed by atoms with E-state index >= 15 is 0 Å². The van der Waals surface area contributed by atoms with E-state index in [1.165, 1.54) is 0 Å². The molecular weight excluding hydrogens is 202 g/mol. The molecule has 0 saturated carbocycles. The van der Waals surface area contributed by atoms with Crippen molar-refractivity contribution >= 4 is 5.97 Å². The highest BCUT2D eigenvalue weighted by molar-refractivity contribution is 5.88. The third kappa shape index (κ3) is 5.11. The number of hydrogen-bond donors (Lipinski definition) is 1. The number of rotatable bonds is 7. The fourth-order valence-electron chi connectivity index (χ4n) is 0.962.